The van der Waals surface area contributed by atoms with E-state index in [4.69, 9.17) is 23.2 Å². The first-order valence-electron chi connectivity index (χ1n) is 9.89. The van der Waals surface area contributed by atoms with Crippen molar-refractivity contribution in [3.05, 3.63) is 33.8 Å². The molecule has 2 rings (SSSR count). The number of benzene rings is 1. The van der Waals surface area contributed by atoms with E-state index in [0.29, 0.717) is 41.5 Å². The second kappa shape index (κ2) is 12.1. The van der Waals surface area contributed by atoms with E-state index < -0.39 is 40.4 Å². The molecule has 1 saturated heterocycles. The third-order valence-electron chi connectivity index (χ3n) is 5.04. The zero-order chi connectivity index (χ0) is 24.8. The van der Waals surface area contributed by atoms with Gasteiger partial charge < -0.3 is 15.3 Å². The van der Waals surface area contributed by atoms with Gasteiger partial charge in [-0.25, -0.2) is 17.9 Å². The summed E-state index contributed by atoms with van der Waals surface area (Å²) in [6, 6.07) is 2.21. The van der Waals surface area contributed by atoms with Crippen LogP contribution in [0.3, 0.4) is 0 Å². The topological polar surface area (TPSA) is 133 Å². The summed E-state index contributed by atoms with van der Waals surface area (Å²) < 4.78 is 24.4. The van der Waals surface area contributed by atoms with Crippen LogP contribution in [0.15, 0.2) is 23.1 Å². The maximum atomic E-state index is 12.5. The van der Waals surface area contributed by atoms with Crippen molar-refractivity contribution < 1.29 is 27.9 Å². The van der Waals surface area contributed by atoms with Gasteiger partial charge in [0, 0.05) is 36.5 Å². The second-order valence-corrected chi connectivity index (χ2v) is 10.9. The highest BCUT2D eigenvalue weighted by Gasteiger charge is 2.30. The third kappa shape index (κ3) is 8.18. The number of carbonyl (C=O) groups is 3. The quantitative estimate of drug-likeness (QED) is 0.324. The summed E-state index contributed by atoms with van der Waals surface area (Å²) in [5, 5.41) is 12.4. The first-order chi connectivity index (χ1) is 15.4. The van der Waals surface area contributed by atoms with Crippen molar-refractivity contribution in [2.45, 2.75) is 23.8 Å². The van der Waals surface area contributed by atoms with E-state index in [1.54, 1.807) is 17.0 Å². The Bertz CT molecular complexity index is 1040. The number of rotatable bonds is 9. The molecule has 1 fully saturated rings. The first kappa shape index (κ1) is 27.5. The Balaban J connectivity index is 1.91. The number of carboxylic acids is 1. The zero-order valence-electron chi connectivity index (χ0n) is 18.0. The van der Waals surface area contributed by atoms with Gasteiger partial charge in [-0.2, -0.15) is 0 Å². The lowest BCUT2D eigenvalue weighted by Gasteiger charge is -2.31. The van der Waals surface area contributed by atoms with Crippen molar-refractivity contribution in [2.75, 3.05) is 32.1 Å². The van der Waals surface area contributed by atoms with Gasteiger partial charge in [0.25, 0.3) is 0 Å². The molecule has 1 heterocycles. The van der Waals surface area contributed by atoms with Crippen LogP contribution in [-0.4, -0.2) is 74.4 Å². The molecular formula is C20H25Cl2N3O6S2. The molecule has 0 aromatic heterocycles. The van der Waals surface area contributed by atoms with E-state index >= 15 is 0 Å². The third-order valence-corrected chi connectivity index (χ3v) is 7.52. The highest BCUT2D eigenvalue weighted by Crippen LogP contribution is 2.35. The summed E-state index contributed by atoms with van der Waals surface area (Å²) in [4.78, 5) is 38.7. The van der Waals surface area contributed by atoms with E-state index in [-0.39, 0.29) is 5.91 Å². The molecule has 1 atom stereocenters. The number of aliphatic carboxylic acids is 1. The number of piperidine rings is 1. The predicted molar refractivity (Wildman–Crippen MR) is 129 cm³/mol. The molecule has 33 heavy (non-hydrogen) atoms. The highest BCUT2D eigenvalue weighted by atomic mass is 35.5. The van der Waals surface area contributed by atoms with E-state index in [1.807, 2.05) is 12.3 Å². The van der Waals surface area contributed by atoms with Crippen molar-refractivity contribution in [2.24, 2.45) is 5.92 Å². The number of hydrogen-bond acceptors (Lipinski definition) is 6. The molecule has 1 aromatic carbocycles. The van der Waals surface area contributed by atoms with E-state index in [1.165, 1.54) is 17.8 Å². The minimum atomic E-state index is -3.60. The van der Waals surface area contributed by atoms with Crippen molar-refractivity contribution in [1.29, 1.82) is 0 Å². The molecule has 0 bridgehead atoms. The van der Waals surface area contributed by atoms with Gasteiger partial charge in [-0.15, -0.1) is 11.8 Å². The SMILES string of the molecule is CSc1ccc(C=CC(=O)N2CCC(C(=O)N[C@@H](CNS(C)(=O)=O)C(=O)O)CC2)c(Cl)c1Cl. The van der Waals surface area contributed by atoms with Gasteiger partial charge in [0.1, 0.15) is 6.04 Å². The smallest absolute Gasteiger partial charge is 0.327 e. The number of carboxylic acid groups (broad SMARTS) is 1. The first-order valence-corrected chi connectivity index (χ1v) is 13.8. The van der Waals surface area contributed by atoms with Crippen LogP contribution in [0.25, 0.3) is 6.08 Å². The van der Waals surface area contributed by atoms with Crippen molar-refractivity contribution >= 4 is 68.8 Å². The number of hydrogen-bond donors (Lipinski definition) is 3. The number of halogens is 2. The van der Waals surface area contributed by atoms with Gasteiger partial charge >= 0.3 is 5.97 Å². The average molecular weight is 538 g/mol. The summed E-state index contributed by atoms with van der Waals surface area (Å²) in [5.74, 6) is -2.56. The molecule has 9 nitrogen and oxygen atoms in total. The Hall–Kier alpha value is -1.79. The number of carbonyl (C=O) groups excluding carboxylic acids is 2. The van der Waals surface area contributed by atoms with Gasteiger partial charge in [0.2, 0.25) is 21.8 Å². The summed E-state index contributed by atoms with van der Waals surface area (Å²) in [7, 11) is -3.60. The van der Waals surface area contributed by atoms with Gasteiger partial charge in [-0.05, 0) is 36.8 Å². The van der Waals surface area contributed by atoms with Crippen LogP contribution in [0, 0.1) is 5.92 Å². The van der Waals surface area contributed by atoms with Gasteiger partial charge in [-0.3, -0.25) is 9.59 Å². The van der Waals surface area contributed by atoms with E-state index in [2.05, 4.69) is 10.0 Å². The molecule has 1 aromatic rings. The second-order valence-electron chi connectivity index (χ2n) is 7.44. The molecule has 0 aliphatic carbocycles. The van der Waals surface area contributed by atoms with Gasteiger partial charge in [0.05, 0.1) is 16.3 Å². The van der Waals surface area contributed by atoms with Crippen molar-refractivity contribution in [1.82, 2.24) is 14.9 Å². The molecule has 2 amide bonds. The fourth-order valence-electron chi connectivity index (χ4n) is 3.19. The Morgan fingerprint density at radius 1 is 1.24 bits per heavy atom. The number of sulfonamides is 1. The van der Waals surface area contributed by atoms with Gasteiger partial charge in [0.15, 0.2) is 0 Å². The molecule has 0 radical (unpaired) electrons. The molecule has 1 aliphatic rings. The minimum absolute atomic E-state index is 0.240. The molecule has 13 heteroatoms. The van der Waals surface area contributed by atoms with Crippen molar-refractivity contribution in [3.8, 4) is 0 Å². The van der Waals surface area contributed by atoms with Crippen LogP contribution in [0.1, 0.15) is 18.4 Å². The lowest BCUT2D eigenvalue weighted by atomic mass is 9.95. The van der Waals surface area contributed by atoms with E-state index in [0.717, 1.165) is 11.2 Å². The van der Waals surface area contributed by atoms with Crippen LogP contribution in [0.2, 0.25) is 10.0 Å². The van der Waals surface area contributed by atoms with Gasteiger partial charge in [-0.1, -0.05) is 29.3 Å². The maximum absolute atomic E-state index is 12.5. The van der Waals surface area contributed by atoms with E-state index in [9.17, 15) is 27.9 Å². The largest absolute Gasteiger partial charge is 0.480 e. The highest BCUT2D eigenvalue weighted by molar-refractivity contribution is 7.98. The van der Waals surface area contributed by atoms with Crippen LogP contribution in [0.5, 0.6) is 0 Å². The van der Waals surface area contributed by atoms with Crippen LogP contribution >= 0.6 is 35.0 Å². The molecule has 0 spiro atoms. The molecule has 3 N–H and O–H groups in total. The molecule has 0 unspecified atom stereocenters. The lowest BCUT2D eigenvalue weighted by Crippen LogP contribution is -2.51. The Morgan fingerprint density at radius 3 is 2.42 bits per heavy atom. The fraction of sp³-hybridized carbons (Fsp3) is 0.450. The summed E-state index contributed by atoms with van der Waals surface area (Å²) in [5.41, 5.74) is 0.615. The molecule has 1 aliphatic heterocycles. The Kier molecular flexibility index (Phi) is 10.0. The fourth-order valence-corrected chi connectivity index (χ4v) is 4.83. The van der Waals surface area contributed by atoms with Crippen LogP contribution in [0.4, 0.5) is 0 Å². The van der Waals surface area contributed by atoms with Crippen LogP contribution in [-0.2, 0) is 24.4 Å². The standard InChI is InChI=1S/C20H25Cl2N3O6S2/c1-32-15-5-3-12(17(21)18(15)22)4-6-16(26)25-9-7-13(8-10-25)19(27)24-14(20(28)29)11-23-33(2,30)31/h3-6,13-14,23H,7-11H2,1-2H3,(H,24,27)(H,28,29)/t14-/m0/s1. The average Bonchev–Trinajstić information content (AvgIpc) is 2.76. The number of amides is 2. The molecule has 0 saturated carbocycles. The van der Waals surface area contributed by atoms with Crippen molar-refractivity contribution in [3.63, 3.8) is 0 Å². The van der Waals surface area contributed by atoms with Crippen LogP contribution < -0.4 is 10.0 Å². The number of nitrogens with zero attached hydrogens (tertiary/aromatic N) is 1. The summed E-state index contributed by atoms with van der Waals surface area (Å²) >= 11 is 13.9. The number of thioether (sulfide) groups is 1. The summed E-state index contributed by atoms with van der Waals surface area (Å²) in [6.07, 6.45) is 6.48. The Labute approximate surface area is 206 Å². The molecule has 182 valence electrons. The minimum Gasteiger partial charge on any atom is -0.480 e. The number of nitrogens with one attached hydrogen (secondary N) is 2. The maximum Gasteiger partial charge on any atom is 0.327 e. The monoisotopic (exact) mass is 537 g/mol. The number of likely N-dealkylation sites (tertiary alicyclic amines) is 1. The molecular weight excluding hydrogens is 513 g/mol. The predicted octanol–water partition coefficient (Wildman–Crippen LogP) is 2.09. The normalized spacial score (nSPS) is 16.1. The summed E-state index contributed by atoms with van der Waals surface area (Å²) in [6.45, 7) is 0.188. The zero-order valence-corrected chi connectivity index (χ0v) is 21.2. The lowest BCUT2D eigenvalue weighted by molar-refractivity contribution is -0.142. The Morgan fingerprint density at radius 2 is 1.88 bits per heavy atom.